The van der Waals surface area contributed by atoms with Crippen LogP contribution in [0.5, 0.6) is 5.75 Å². The molecule has 0 bridgehead atoms. The van der Waals surface area contributed by atoms with Crippen LogP contribution in [0.15, 0.2) is 34.4 Å². The van der Waals surface area contributed by atoms with Crippen molar-refractivity contribution in [3.05, 3.63) is 55.7 Å². The predicted molar refractivity (Wildman–Crippen MR) is 87.6 cm³/mol. The van der Waals surface area contributed by atoms with Gasteiger partial charge < -0.3 is 14.4 Å². The number of hydrogen-bond acceptors (Lipinski definition) is 5. The number of rotatable bonds is 4. The van der Waals surface area contributed by atoms with E-state index in [9.17, 15) is 14.5 Å². The van der Waals surface area contributed by atoms with Gasteiger partial charge in [-0.3, -0.25) is 9.59 Å². The molecule has 0 unspecified atom stereocenters. The number of benzene rings is 1. The number of aliphatic hydroxyl groups is 1. The molecule has 0 saturated carbocycles. The number of nitroso groups, excluding NO2 is 1. The molecular weight excluding hydrogens is 336 g/mol. The summed E-state index contributed by atoms with van der Waals surface area (Å²) in [4.78, 5) is 33.9. The average Bonchev–Trinajstić information content (AvgIpc) is 2.59. The summed E-state index contributed by atoms with van der Waals surface area (Å²) in [5.41, 5.74) is 1.51. The first-order valence-electron chi connectivity index (χ1n) is 7.23. The lowest BCUT2D eigenvalue weighted by Crippen LogP contribution is -2.21. The molecule has 0 atom stereocenters. The molecule has 0 saturated heterocycles. The molecule has 1 aromatic heterocycles. The van der Waals surface area contributed by atoms with Gasteiger partial charge in [0, 0.05) is 29.5 Å². The van der Waals surface area contributed by atoms with Crippen LogP contribution in [0.1, 0.15) is 15.9 Å². The second kappa shape index (κ2) is 6.54. The molecule has 24 heavy (non-hydrogen) atoms. The lowest BCUT2D eigenvalue weighted by atomic mass is 9.96. The van der Waals surface area contributed by atoms with Gasteiger partial charge in [-0.15, -0.1) is 4.91 Å². The average molecular weight is 349 g/mol. The highest BCUT2D eigenvalue weighted by Gasteiger charge is 2.21. The van der Waals surface area contributed by atoms with Crippen molar-refractivity contribution in [2.45, 2.75) is 13.0 Å². The summed E-state index contributed by atoms with van der Waals surface area (Å²) in [5, 5.41) is 11.5. The molecule has 7 nitrogen and oxygen atoms in total. The van der Waals surface area contributed by atoms with Gasteiger partial charge in [-0.1, -0.05) is 11.6 Å². The maximum Gasteiger partial charge on any atom is 0.322 e. The quantitative estimate of drug-likeness (QED) is 0.852. The molecular formula is C16H13ClN2O5. The van der Waals surface area contributed by atoms with Crippen molar-refractivity contribution in [1.82, 2.24) is 4.57 Å². The standard InChI is InChI=1S/C16H13ClN2O5/c17-12-6-10-9(5-15(12)24-4-3-20)1-2-19-8-11(16(22)18-23)14(21)7-13(10)19/h5-8,20H,1-4H2. The molecule has 124 valence electrons. The summed E-state index contributed by atoms with van der Waals surface area (Å²) in [6, 6.07) is 4.78. The van der Waals surface area contributed by atoms with Gasteiger partial charge in [0.1, 0.15) is 17.9 Å². The van der Waals surface area contributed by atoms with Gasteiger partial charge in [-0.2, -0.15) is 0 Å². The zero-order valence-corrected chi connectivity index (χ0v) is 13.2. The van der Waals surface area contributed by atoms with E-state index in [1.54, 1.807) is 16.7 Å². The Bertz CT molecular complexity index is 891. The fourth-order valence-corrected chi connectivity index (χ4v) is 2.97. The number of nitrogens with zero attached hydrogens (tertiary/aromatic N) is 2. The van der Waals surface area contributed by atoms with Crippen LogP contribution in [0.4, 0.5) is 0 Å². The Morgan fingerprint density at radius 3 is 2.88 bits per heavy atom. The van der Waals surface area contributed by atoms with E-state index in [1.807, 2.05) is 0 Å². The minimum atomic E-state index is -1.08. The van der Waals surface area contributed by atoms with Crippen molar-refractivity contribution in [1.29, 1.82) is 0 Å². The highest BCUT2D eigenvalue weighted by atomic mass is 35.5. The largest absolute Gasteiger partial charge is 0.490 e. The number of carbonyl (C=O) groups is 1. The number of fused-ring (bicyclic) bond motifs is 3. The van der Waals surface area contributed by atoms with E-state index in [1.165, 1.54) is 12.3 Å². The first-order valence-corrected chi connectivity index (χ1v) is 7.61. The molecule has 1 aliphatic heterocycles. The third-order valence-electron chi connectivity index (χ3n) is 3.85. The second-order valence-corrected chi connectivity index (χ2v) is 5.70. The number of aliphatic hydroxyl groups excluding tert-OH is 1. The number of hydrogen-bond donors (Lipinski definition) is 1. The molecule has 0 spiro atoms. The number of pyridine rings is 1. The monoisotopic (exact) mass is 348 g/mol. The second-order valence-electron chi connectivity index (χ2n) is 5.29. The molecule has 0 aliphatic carbocycles. The molecule has 2 heterocycles. The Morgan fingerprint density at radius 2 is 2.17 bits per heavy atom. The molecule has 8 heteroatoms. The molecule has 1 amide bonds. The van der Waals surface area contributed by atoms with Crippen molar-refractivity contribution >= 4 is 17.5 Å². The van der Waals surface area contributed by atoms with Crippen LogP contribution in [0, 0.1) is 4.91 Å². The van der Waals surface area contributed by atoms with Crippen molar-refractivity contribution < 1.29 is 14.6 Å². The summed E-state index contributed by atoms with van der Waals surface area (Å²) in [5.74, 6) is -0.607. The number of halogens is 1. The summed E-state index contributed by atoms with van der Waals surface area (Å²) < 4.78 is 7.12. The summed E-state index contributed by atoms with van der Waals surface area (Å²) in [6.45, 7) is 0.550. The highest BCUT2D eigenvalue weighted by Crippen LogP contribution is 2.36. The van der Waals surface area contributed by atoms with E-state index in [4.69, 9.17) is 21.4 Å². The van der Waals surface area contributed by atoms with E-state index in [0.29, 0.717) is 29.4 Å². The Balaban J connectivity index is 2.10. The fraction of sp³-hybridized carbons (Fsp3) is 0.250. The summed E-state index contributed by atoms with van der Waals surface area (Å²) >= 11 is 6.20. The molecule has 2 aromatic rings. The van der Waals surface area contributed by atoms with Gasteiger partial charge in [0.15, 0.2) is 5.43 Å². The third-order valence-corrected chi connectivity index (χ3v) is 4.14. The van der Waals surface area contributed by atoms with Crippen molar-refractivity contribution in [3.63, 3.8) is 0 Å². The topological polar surface area (TPSA) is 98.0 Å². The molecule has 3 rings (SSSR count). The van der Waals surface area contributed by atoms with Gasteiger partial charge in [-0.25, -0.2) is 0 Å². The van der Waals surface area contributed by atoms with Crippen LogP contribution in [-0.4, -0.2) is 28.8 Å². The first kappa shape index (κ1) is 16.4. The van der Waals surface area contributed by atoms with Gasteiger partial charge in [-0.05, 0) is 24.1 Å². The van der Waals surface area contributed by atoms with E-state index >= 15 is 0 Å². The Kier molecular flexibility index (Phi) is 4.46. The van der Waals surface area contributed by atoms with E-state index in [0.717, 1.165) is 11.1 Å². The van der Waals surface area contributed by atoms with Crippen molar-refractivity contribution in [2.24, 2.45) is 5.18 Å². The van der Waals surface area contributed by atoms with Crippen LogP contribution < -0.4 is 10.2 Å². The Labute approximate surface area is 141 Å². The smallest absolute Gasteiger partial charge is 0.322 e. The predicted octanol–water partition coefficient (Wildman–Crippen LogP) is 2.00. The number of ether oxygens (including phenoxy) is 1. The van der Waals surface area contributed by atoms with Crippen molar-refractivity contribution in [3.8, 4) is 17.0 Å². The Morgan fingerprint density at radius 1 is 1.38 bits per heavy atom. The fourth-order valence-electron chi connectivity index (χ4n) is 2.75. The zero-order chi connectivity index (χ0) is 17.3. The van der Waals surface area contributed by atoms with E-state index < -0.39 is 11.3 Å². The number of aromatic nitrogens is 1. The molecule has 0 radical (unpaired) electrons. The maximum absolute atomic E-state index is 12.1. The van der Waals surface area contributed by atoms with Crippen LogP contribution >= 0.6 is 11.6 Å². The number of amides is 1. The van der Waals surface area contributed by atoms with Gasteiger partial charge >= 0.3 is 5.91 Å². The van der Waals surface area contributed by atoms with Crippen molar-refractivity contribution in [2.75, 3.05) is 13.2 Å². The third kappa shape index (κ3) is 2.83. The lowest BCUT2D eigenvalue weighted by molar-refractivity contribution is 0.0999. The lowest BCUT2D eigenvalue weighted by Gasteiger charge is -2.23. The normalized spacial score (nSPS) is 12.2. The van der Waals surface area contributed by atoms with E-state index in [-0.39, 0.29) is 18.8 Å². The highest BCUT2D eigenvalue weighted by molar-refractivity contribution is 6.32. The minimum absolute atomic E-state index is 0.118. The van der Waals surface area contributed by atoms with E-state index in [2.05, 4.69) is 5.18 Å². The SMILES string of the molecule is O=NC(=O)c1cn2c(cc1=O)-c1cc(Cl)c(OCCO)cc1CC2. The van der Waals surface area contributed by atoms with Gasteiger partial charge in [0.25, 0.3) is 0 Å². The summed E-state index contributed by atoms with van der Waals surface area (Å²) in [6.07, 6.45) is 1.99. The van der Waals surface area contributed by atoms with Crippen LogP contribution in [0.2, 0.25) is 5.02 Å². The van der Waals surface area contributed by atoms with Crippen LogP contribution in [-0.2, 0) is 13.0 Å². The molecule has 1 N–H and O–H groups in total. The van der Waals surface area contributed by atoms with Gasteiger partial charge in [0.2, 0.25) is 0 Å². The molecule has 1 aromatic carbocycles. The zero-order valence-electron chi connectivity index (χ0n) is 12.5. The van der Waals surface area contributed by atoms with Gasteiger partial charge in [0.05, 0.1) is 17.3 Å². The summed E-state index contributed by atoms with van der Waals surface area (Å²) in [7, 11) is 0. The van der Waals surface area contributed by atoms with Crippen LogP contribution in [0.3, 0.4) is 0 Å². The number of carbonyl (C=O) groups excluding carboxylic acids is 1. The Hall–Kier alpha value is -2.51. The number of aryl methyl sites for hydroxylation is 2. The molecule has 1 aliphatic rings. The molecule has 0 fully saturated rings. The first-order chi connectivity index (χ1) is 11.5. The minimum Gasteiger partial charge on any atom is -0.490 e. The maximum atomic E-state index is 12.1. The van der Waals surface area contributed by atoms with Crippen LogP contribution in [0.25, 0.3) is 11.3 Å².